The third-order valence-corrected chi connectivity index (χ3v) is 6.47. The lowest BCUT2D eigenvalue weighted by Crippen LogP contribution is -2.38. The summed E-state index contributed by atoms with van der Waals surface area (Å²) in [5.41, 5.74) is 5.52. The minimum atomic E-state index is 0.0751. The Kier molecular flexibility index (Phi) is 4.52. The molecule has 4 aromatic rings. The first-order valence-electron chi connectivity index (χ1n) is 9.68. The van der Waals surface area contributed by atoms with E-state index in [-0.39, 0.29) is 11.8 Å². The first-order chi connectivity index (χ1) is 14.2. The summed E-state index contributed by atoms with van der Waals surface area (Å²) in [6.45, 7) is 1.30. The summed E-state index contributed by atoms with van der Waals surface area (Å²) in [6.07, 6.45) is 3.95. The highest BCUT2D eigenvalue weighted by atomic mass is 32.1. The van der Waals surface area contributed by atoms with Gasteiger partial charge in [0.15, 0.2) is 0 Å². The van der Waals surface area contributed by atoms with Crippen LogP contribution in [0.1, 0.15) is 33.0 Å². The van der Waals surface area contributed by atoms with Crippen LogP contribution in [0.4, 0.5) is 0 Å². The van der Waals surface area contributed by atoms with Crippen molar-refractivity contribution in [2.24, 2.45) is 7.05 Å². The van der Waals surface area contributed by atoms with Gasteiger partial charge in [0, 0.05) is 42.7 Å². The van der Waals surface area contributed by atoms with Crippen molar-refractivity contribution in [3.8, 4) is 10.4 Å². The lowest BCUT2D eigenvalue weighted by atomic mass is 9.86. The highest BCUT2D eigenvalue weighted by molar-refractivity contribution is 7.13. The summed E-state index contributed by atoms with van der Waals surface area (Å²) in [5, 5.41) is 6.41. The van der Waals surface area contributed by atoms with Crippen molar-refractivity contribution < 1.29 is 4.79 Å². The largest absolute Gasteiger partial charge is 0.333 e. The fourth-order valence-corrected chi connectivity index (χ4v) is 4.80. The molecule has 2 aromatic heterocycles. The van der Waals surface area contributed by atoms with Crippen molar-refractivity contribution >= 4 is 17.2 Å². The van der Waals surface area contributed by atoms with Crippen molar-refractivity contribution in [3.63, 3.8) is 0 Å². The molecular formula is C24H21N3OS. The molecule has 4 nitrogen and oxygen atoms in total. The van der Waals surface area contributed by atoms with E-state index < -0.39 is 0 Å². The van der Waals surface area contributed by atoms with Crippen LogP contribution in [0.15, 0.2) is 78.4 Å². The van der Waals surface area contributed by atoms with Gasteiger partial charge in [-0.25, -0.2) is 0 Å². The van der Waals surface area contributed by atoms with Crippen LogP contribution in [-0.4, -0.2) is 27.1 Å². The number of fused-ring (bicyclic) bond motifs is 1. The van der Waals surface area contributed by atoms with E-state index in [1.807, 2.05) is 65.4 Å². The second-order valence-electron chi connectivity index (χ2n) is 7.44. The fourth-order valence-electron chi connectivity index (χ4n) is 4.07. The SMILES string of the molecule is Cn1cc([C@H]2CN(C(=O)c3ccc(-c4cccs4)cc3)Cc3ccccc32)cn1. The summed E-state index contributed by atoms with van der Waals surface area (Å²) in [5.74, 6) is 0.217. The maximum Gasteiger partial charge on any atom is 0.254 e. The zero-order chi connectivity index (χ0) is 19.8. The molecule has 0 radical (unpaired) electrons. The van der Waals surface area contributed by atoms with Crippen LogP contribution >= 0.6 is 11.3 Å². The van der Waals surface area contributed by atoms with Crippen LogP contribution in [0.5, 0.6) is 0 Å². The number of amides is 1. The van der Waals surface area contributed by atoms with Gasteiger partial charge in [0.25, 0.3) is 5.91 Å². The van der Waals surface area contributed by atoms with Crippen molar-refractivity contribution in [2.45, 2.75) is 12.5 Å². The zero-order valence-electron chi connectivity index (χ0n) is 16.2. The third-order valence-electron chi connectivity index (χ3n) is 5.55. The normalized spacial score (nSPS) is 15.9. The molecule has 5 rings (SSSR count). The van der Waals surface area contributed by atoms with Gasteiger partial charge in [-0.1, -0.05) is 42.5 Å². The van der Waals surface area contributed by atoms with Gasteiger partial charge in [0.05, 0.1) is 6.20 Å². The van der Waals surface area contributed by atoms with Crippen LogP contribution in [0.2, 0.25) is 0 Å². The lowest BCUT2D eigenvalue weighted by Gasteiger charge is -2.34. The molecule has 0 aliphatic carbocycles. The summed E-state index contributed by atoms with van der Waals surface area (Å²) in [4.78, 5) is 16.5. The van der Waals surface area contributed by atoms with Crippen LogP contribution in [-0.2, 0) is 13.6 Å². The van der Waals surface area contributed by atoms with Crippen molar-refractivity contribution in [1.29, 1.82) is 0 Å². The Morgan fingerprint density at radius 2 is 1.90 bits per heavy atom. The molecule has 29 heavy (non-hydrogen) atoms. The van der Waals surface area contributed by atoms with E-state index in [4.69, 9.17) is 0 Å². The fraction of sp³-hybridized carbons (Fsp3) is 0.167. The molecule has 1 aliphatic heterocycles. The van der Waals surface area contributed by atoms with Gasteiger partial charge < -0.3 is 4.90 Å². The molecule has 1 aliphatic rings. The maximum absolute atomic E-state index is 13.3. The molecule has 0 spiro atoms. The number of carbonyl (C=O) groups is 1. The molecule has 3 heterocycles. The Morgan fingerprint density at radius 3 is 2.62 bits per heavy atom. The number of carbonyl (C=O) groups excluding carboxylic acids is 1. The van der Waals surface area contributed by atoms with E-state index in [2.05, 4.69) is 34.7 Å². The number of aryl methyl sites for hydroxylation is 1. The lowest BCUT2D eigenvalue weighted by molar-refractivity contribution is 0.0725. The highest BCUT2D eigenvalue weighted by Crippen LogP contribution is 2.34. The third kappa shape index (κ3) is 3.38. The Bertz CT molecular complexity index is 1150. The second kappa shape index (κ2) is 7.33. The molecule has 144 valence electrons. The topological polar surface area (TPSA) is 38.1 Å². The highest BCUT2D eigenvalue weighted by Gasteiger charge is 2.30. The Hall–Kier alpha value is -3.18. The van der Waals surface area contributed by atoms with E-state index >= 15 is 0 Å². The van der Waals surface area contributed by atoms with Gasteiger partial charge >= 0.3 is 0 Å². The number of hydrogen-bond acceptors (Lipinski definition) is 3. The monoisotopic (exact) mass is 399 g/mol. The van der Waals surface area contributed by atoms with Crippen LogP contribution in [0.3, 0.4) is 0 Å². The molecule has 0 unspecified atom stereocenters. The standard InChI is InChI=1S/C24H21N3OS/c1-26-14-20(13-25-26)22-16-27(15-19-5-2-3-6-21(19)22)24(28)18-10-8-17(9-11-18)23-7-4-12-29-23/h2-14,22H,15-16H2,1H3/t22-/m1/s1. The number of hydrogen-bond donors (Lipinski definition) is 0. The van der Waals surface area contributed by atoms with Crippen molar-refractivity contribution in [2.75, 3.05) is 6.54 Å². The summed E-state index contributed by atoms with van der Waals surface area (Å²) in [7, 11) is 1.93. The van der Waals surface area contributed by atoms with Gasteiger partial charge in [-0.2, -0.15) is 5.10 Å². The van der Waals surface area contributed by atoms with Crippen LogP contribution in [0, 0.1) is 0 Å². The molecule has 1 amide bonds. The van der Waals surface area contributed by atoms with Crippen molar-refractivity contribution in [3.05, 3.63) is 101 Å². The number of nitrogens with zero attached hydrogens (tertiary/aromatic N) is 3. The average molecular weight is 400 g/mol. The number of benzene rings is 2. The Balaban J connectivity index is 1.44. The predicted octanol–water partition coefficient (Wildman–Crippen LogP) is 4.94. The van der Waals surface area contributed by atoms with Crippen LogP contribution < -0.4 is 0 Å². The molecule has 0 saturated heterocycles. The van der Waals surface area contributed by atoms with Gasteiger partial charge in [0.1, 0.15) is 0 Å². The van der Waals surface area contributed by atoms with Gasteiger partial charge in [-0.15, -0.1) is 11.3 Å². The number of thiophene rings is 1. The first kappa shape index (κ1) is 17.9. The molecule has 0 bridgehead atoms. The van der Waals surface area contributed by atoms with E-state index in [0.29, 0.717) is 13.1 Å². The number of rotatable bonds is 3. The van der Waals surface area contributed by atoms with E-state index in [1.165, 1.54) is 16.0 Å². The summed E-state index contributed by atoms with van der Waals surface area (Å²) < 4.78 is 1.82. The van der Waals surface area contributed by atoms with E-state index in [0.717, 1.165) is 16.7 Å². The zero-order valence-corrected chi connectivity index (χ0v) is 17.0. The van der Waals surface area contributed by atoms with Crippen LogP contribution in [0.25, 0.3) is 10.4 Å². The summed E-state index contributed by atoms with van der Waals surface area (Å²) >= 11 is 1.71. The molecule has 0 fully saturated rings. The van der Waals surface area contributed by atoms with Gasteiger partial charge in [0.2, 0.25) is 0 Å². The smallest absolute Gasteiger partial charge is 0.254 e. The summed E-state index contributed by atoms with van der Waals surface area (Å²) in [6, 6.07) is 20.5. The maximum atomic E-state index is 13.3. The average Bonchev–Trinajstić information content (AvgIpc) is 3.45. The Labute approximate surface area is 174 Å². The molecule has 1 atom stereocenters. The van der Waals surface area contributed by atoms with E-state index in [9.17, 15) is 4.79 Å². The molecule has 5 heteroatoms. The van der Waals surface area contributed by atoms with E-state index in [1.54, 1.807) is 11.3 Å². The molecule has 2 aromatic carbocycles. The van der Waals surface area contributed by atoms with Gasteiger partial charge in [-0.05, 0) is 45.8 Å². The second-order valence-corrected chi connectivity index (χ2v) is 8.39. The predicted molar refractivity (Wildman–Crippen MR) is 116 cm³/mol. The quantitative estimate of drug-likeness (QED) is 0.490. The van der Waals surface area contributed by atoms with Gasteiger partial charge in [-0.3, -0.25) is 9.48 Å². The minimum Gasteiger partial charge on any atom is -0.333 e. The molecule has 0 N–H and O–H groups in total. The number of aromatic nitrogens is 2. The van der Waals surface area contributed by atoms with Crippen molar-refractivity contribution in [1.82, 2.24) is 14.7 Å². The first-order valence-corrected chi connectivity index (χ1v) is 10.6. The Morgan fingerprint density at radius 1 is 1.07 bits per heavy atom. The molecule has 0 saturated carbocycles. The minimum absolute atomic E-state index is 0.0751. The molecular weight excluding hydrogens is 378 g/mol.